The van der Waals surface area contributed by atoms with Gasteiger partial charge in [0.2, 0.25) is 5.82 Å². The number of aromatic nitrogens is 4. The van der Waals surface area contributed by atoms with Crippen molar-refractivity contribution in [1.82, 2.24) is 19.5 Å². The zero-order valence-electron chi connectivity index (χ0n) is 13.2. The molecule has 0 radical (unpaired) electrons. The molecular weight excluding hydrogens is 353 g/mol. The Kier molecular flexibility index (Phi) is 4.18. The Labute approximate surface area is 145 Å². The summed E-state index contributed by atoms with van der Waals surface area (Å²) < 4.78 is 43.8. The summed E-state index contributed by atoms with van der Waals surface area (Å²) in [6.45, 7) is 0. The molecule has 9 heteroatoms. The van der Waals surface area contributed by atoms with E-state index in [1.165, 1.54) is 25.7 Å². The maximum Gasteiger partial charge on any atom is 0.471 e. The summed E-state index contributed by atoms with van der Waals surface area (Å²) in [5.74, 6) is -0.603. The molecule has 0 saturated heterocycles. The number of fused-ring (bicyclic) bond motifs is 1. The first-order valence-electron chi connectivity index (χ1n) is 7.99. The summed E-state index contributed by atoms with van der Waals surface area (Å²) >= 11 is 1.92. The highest BCUT2D eigenvalue weighted by atomic mass is 32.2. The predicted molar refractivity (Wildman–Crippen MR) is 87.0 cm³/mol. The molecule has 1 saturated carbocycles. The van der Waals surface area contributed by atoms with E-state index in [1.807, 2.05) is 18.0 Å². The van der Waals surface area contributed by atoms with Crippen molar-refractivity contribution >= 4 is 17.4 Å². The van der Waals surface area contributed by atoms with Gasteiger partial charge >= 0.3 is 12.1 Å². The highest BCUT2D eigenvalue weighted by Gasteiger charge is 2.38. The van der Waals surface area contributed by atoms with Crippen molar-refractivity contribution in [2.75, 3.05) is 0 Å². The molecule has 1 fully saturated rings. The SMILES string of the molecule is FC(F)(F)c1nc(-c2ccc3nc(CSC4CCCC4)cn3c2)no1. The van der Waals surface area contributed by atoms with Crippen LogP contribution in [0.25, 0.3) is 17.0 Å². The van der Waals surface area contributed by atoms with E-state index in [0.717, 1.165) is 17.1 Å². The van der Waals surface area contributed by atoms with Gasteiger partial charge in [-0.1, -0.05) is 18.0 Å². The second-order valence-electron chi connectivity index (χ2n) is 6.05. The van der Waals surface area contributed by atoms with Crippen molar-refractivity contribution in [2.45, 2.75) is 42.9 Å². The van der Waals surface area contributed by atoms with Crippen LogP contribution in [-0.4, -0.2) is 24.8 Å². The number of alkyl halides is 3. The summed E-state index contributed by atoms with van der Waals surface area (Å²) in [5, 5.41) is 4.12. The number of imidazole rings is 1. The van der Waals surface area contributed by atoms with E-state index in [1.54, 1.807) is 22.7 Å². The molecular formula is C16H15F3N4OS. The Hall–Kier alpha value is -2.03. The molecule has 0 bridgehead atoms. The number of hydrogen-bond acceptors (Lipinski definition) is 5. The average molecular weight is 368 g/mol. The molecule has 25 heavy (non-hydrogen) atoms. The first-order valence-corrected chi connectivity index (χ1v) is 9.04. The number of halogens is 3. The predicted octanol–water partition coefficient (Wildman–Crippen LogP) is 4.58. The van der Waals surface area contributed by atoms with E-state index in [0.29, 0.717) is 10.8 Å². The summed E-state index contributed by atoms with van der Waals surface area (Å²) in [7, 11) is 0. The van der Waals surface area contributed by atoms with Gasteiger partial charge in [0.1, 0.15) is 5.65 Å². The minimum Gasteiger partial charge on any atom is -0.329 e. The number of pyridine rings is 1. The minimum atomic E-state index is -4.64. The quantitative estimate of drug-likeness (QED) is 0.675. The summed E-state index contributed by atoms with van der Waals surface area (Å²) in [6.07, 6.45) is 4.05. The lowest BCUT2D eigenvalue weighted by atomic mass is 10.3. The molecule has 132 valence electrons. The van der Waals surface area contributed by atoms with Gasteiger partial charge in [-0.15, -0.1) is 0 Å². The third-order valence-corrected chi connectivity index (χ3v) is 5.60. The molecule has 0 amide bonds. The van der Waals surface area contributed by atoms with Crippen molar-refractivity contribution in [3.63, 3.8) is 0 Å². The third kappa shape index (κ3) is 3.51. The Morgan fingerprint density at radius 3 is 2.68 bits per heavy atom. The van der Waals surface area contributed by atoms with E-state index >= 15 is 0 Å². The average Bonchev–Trinajstić information content (AvgIpc) is 3.30. The third-order valence-electron chi connectivity index (χ3n) is 4.20. The normalized spacial score (nSPS) is 16.1. The van der Waals surface area contributed by atoms with Gasteiger partial charge in [-0.3, -0.25) is 0 Å². The Morgan fingerprint density at radius 2 is 1.96 bits per heavy atom. The highest BCUT2D eigenvalue weighted by Crippen LogP contribution is 2.32. The maximum atomic E-state index is 12.6. The minimum absolute atomic E-state index is 0.0928. The van der Waals surface area contributed by atoms with Crippen molar-refractivity contribution in [3.8, 4) is 11.4 Å². The molecule has 3 heterocycles. The van der Waals surface area contributed by atoms with Gasteiger partial charge in [-0.25, -0.2) is 4.98 Å². The largest absolute Gasteiger partial charge is 0.471 e. The standard InChI is InChI=1S/C16H15F3N4OS/c17-16(18,19)15-21-14(22-24-15)10-5-6-13-20-11(8-23(13)7-10)9-25-12-3-1-2-4-12/h5-8,12H,1-4,9H2. The van der Waals surface area contributed by atoms with Gasteiger partial charge in [0.05, 0.1) is 5.69 Å². The second-order valence-corrected chi connectivity index (χ2v) is 7.34. The van der Waals surface area contributed by atoms with E-state index in [2.05, 4.69) is 19.6 Å². The lowest BCUT2D eigenvalue weighted by Gasteiger charge is -2.05. The van der Waals surface area contributed by atoms with Crippen molar-refractivity contribution < 1.29 is 17.7 Å². The van der Waals surface area contributed by atoms with Gasteiger partial charge in [0.15, 0.2) is 0 Å². The molecule has 3 aromatic heterocycles. The van der Waals surface area contributed by atoms with Crippen LogP contribution < -0.4 is 0 Å². The Balaban J connectivity index is 1.54. The molecule has 0 spiro atoms. The molecule has 3 aromatic rings. The van der Waals surface area contributed by atoms with Crippen LogP contribution in [0.5, 0.6) is 0 Å². The monoisotopic (exact) mass is 368 g/mol. The molecule has 0 aliphatic heterocycles. The summed E-state index contributed by atoms with van der Waals surface area (Å²) in [6, 6.07) is 3.38. The van der Waals surface area contributed by atoms with E-state index in [-0.39, 0.29) is 5.82 Å². The fourth-order valence-corrected chi connectivity index (χ4v) is 4.17. The van der Waals surface area contributed by atoms with Crippen LogP contribution in [0.4, 0.5) is 13.2 Å². The Bertz CT molecular complexity index is 883. The fraction of sp³-hybridized carbons (Fsp3) is 0.438. The van der Waals surface area contributed by atoms with Gasteiger partial charge in [0, 0.05) is 29.0 Å². The van der Waals surface area contributed by atoms with Gasteiger partial charge in [0.25, 0.3) is 0 Å². The summed E-state index contributed by atoms with van der Waals surface area (Å²) in [4.78, 5) is 7.96. The zero-order chi connectivity index (χ0) is 17.4. The summed E-state index contributed by atoms with van der Waals surface area (Å²) in [5.41, 5.74) is 2.14. The molecule has 1 aliphatic carbocycles. The first-order chi connectivity index (χ1) is 12.0. The van der Waals surface area contributed by atoms with Crippen LogP contribution in [0, 0.1) is 0 Å². The molecule has 0 N–H and O–H groups in total. The fourth-order valence-electron chi connectivity index (χ4n) is 2.96. The first kappa shape index (κ1) is 16.4. The van der Waals surface area contributed by atoms with E-state index in [4.69, 9.17) is 0 Å². The smallest absolute Gasteiger partial charge is 0.329 e. The Morgan fingerprint density at radius 1 is 1.16 bits per heavy atom. The molecule has 0 aromatic carbocycles. The number of thioether (sulfide) groups is 1. The second kappa shape index (κ2) is 6.36. The lowest BCUT2D eigenvalue weighted by molar-refractivity contribution is -0.159. The van der Waals surface area contributed by atoms with Gasteiger partial charge in [-0.2, -0.15) is 29.9 Å². The molecule has 0 unspecified atom stereocenters. The molecule has 0 atom stereocenters. The van der Waals surface area contributed by atoms with Crippen LogP contribution >= 0.6 is 11.8 Å². The van der Waals surface area contributed by atoms with Crippen LogP contribution in [0.15, 0.2) is 29.0 Å². The highest BCUT2D eigenvalue weighted by molar-refractivity contribution is 7.99. The lowest BCUT2D eigenvalue weighted by Crippen LogP contribution is -2.04. The van der Waals surface area contributed by atoms with E-state index in [9.17, 15) is 13.2 Å². The van der Waals surface area contributed by atoms with E-state index < -0.39 is 12.1 Å². The molecule has 1 aliphatic rings. The molecule has 5 nitrogen and oxygen atoms in total. The maximum absolute atomic E-state index is 12.6. The number of hydrogen-bond donors (Lipinski definition) is 0. The number of rotatable bonds is 4. The van der Waals surface area contributed by atoms with Crippen LogP contribution in [0.1, 0.15) is 37.3 Å². The van der Waals surface area contributed by atoms with Crippen LogP contribution in [0.2, 0.25) is 0 Å². The van der Waals surface area contributed by atoms with Crippen molar-refractivity contribution in [2.24, 2.45) is 0 Å². The van der Waals surface area contributed by atoms with Crippen LogP contribution in [0.3, 0.4) is 0 Å². The van der Waals surface area contributed by atoms with Crippen LogP contribution in [-0.2, 0) is 11.9 Å². The topological polar surface area (TPSA) is 56.2 Å². The van der Waals surface area contributed by atoms with Crippen molar-refractivity contribution in [1.29, 1.82) is 0 Å². The zero-order valence-corrected chi connectivity index (χ0v) is 14.0. The van der Waals surface area contributed by atoms with Gasteiger partial charge in [-0.05, 0) is 25.0 Å². The number of nitrogens with zero attached hydrogens (tertiary/aromatic N) is 4. The molecule has 4 rings (SSSR count). The van der Waals surface area contributed by atoms with Crippen molar-refractivity contribution in [3.05, 3.63) is 36.1 Å². The van der Waals surface area contributed by atoms with Gasteiger partial charge < -0.3 is 8.92 Å².